The monoisotopic (exact) mass is 246 g/mol. The number of unbranched alkanes of at least 4 members (excludes halogenated alkanes) is 1. The summed E-state index contributed by atoms with van der Waals surface area (Å²) >= 11 is 6.13. The summed E-state index contributed by atoms with van der Waals surface area (Å²) in [5, 5.41) is 1.72. The highest BCUT2D eigenvalue weighted by atomic mass is 35.5. The topological polar surface area (TPSA) is 25.2 Å². The third-order valence-corrected chi connectivity index (χ3v) is 2.92. The molecule has 0 amide bonds. The van der Waals surface area contributed by atoms with Gasteiger partial charge in [-0.25, -0.2) is 0 Å². The highest BCUT2D eigenvalue weighted by molar-refractivity contribution is 6.35. The smallest absolute Gasteiger partial charge is 0.0717 e. The largest absolute Gasteiger partial charge is 0.293 e. The first-order valence-corrected chi connectivity index (χ1v) is 6.23. The van der Waals surface area contributed by atoms with Crippen molar-refractivity contribution in [3.63, 3.8) is 0 Å². The van der Waals surface area contributed by atoms with E-state index in [1.54, 1.807) is 6.20 Å². The lowest BCUT2D eigenvalue weighted by Gasteiger charge is -2.00. The molecule has 0 aliphatic carbocycles. The average Bonchev–Trinajstić information content (AvgIpc) is 2.36. The molecule has 0 saturated carbocycles. The van der Waals surface area contributed by atoms with Gasteiger partial charge < -0.3 is 0 Å². The molecule has 0 atom stereocenters. The normalized spacial score (nSPS) is 11.4. The molecule has 17 heavy (non-hydrogen) atoms. The van der Waals surface area contributed by atoms with E-state index in [9.17, 15) is 0 Å². The van der Waals surface area contributed by atoms with Gasteiger partial charge in [-0.3, -0.25) is 9.98 Å². The van der Waals surface area contributed by atoms with Crippen LogP contribution in [0.2, 0.25) is 5.02 Å². The molecular formula is C14H15ClN2. The van der Waals surface area contributed by atoms with Crippen molar-refractivity contribution in [2.45, 2.75) is 19.8 Å². The molecule has 88 valence electrons. The van der Waals surface area contributed by atoms with E-state index in [1.165, 1.54) is 6.42 Å². The number of nitrogens with zero attached hydrogens (tertiary/aromatic N) is 2. The Morgan fingerprint density at radius 2 is 2.24 bits per heavy atom. The van der Waals surface area contributed by atoms with Crippen LogP contribution in [-0.4, -0.2) is 17.7 Å². The first-order chi connectivity index (χ1) is 8.31. The summed E-state index contributed by atoms with van der Waals surface area (Å²) in [6, 6.07) is 7.82. The Morgan fingerprint density at radius 3 is 3.06 bits per heavy atom. The molecule has 0 fully saturated rings. The molecule has 0 unspecified atom stereocenters. The number of halogens is 1. The van der Waals surface area contributed by atoms with Crippen LogP contribution in [0.25, 0.3) is 10.9 Å². The van der Waals surface area contributed by atoms with Gasteiger partial charge in [0.15, 0.2) is 0 Å². The second-order valence-electron chi connectivity index (χ2n) is 3.96. The molecule has 2 rings (SSSR count). The van der Waals surface area contributed by atoms with Crippen LogP contribution in [0.3, 0.4) is 0 Å². The minimum atomic E-state index is 0.735. The Labute approximate surface area is 106 Å². The standard InChI is InChI=1S/C14H15ClN2/c1-2-3-7-16-10-11-4-5-14-12(9-11)13(15)6-8-17-14/h4-6,8-10H,2-3,7H2,1H3/b16-10+. The number of hydrogen-bond acceptors (Lipinski definition) is 2. The fourth-order valence-corrected chi connectivity index (χ4v) is 1.84. The first kappa shape index (κ1) is 12.1. The molecule has 0 aliphatic heterocycles. The SMILES string of the molecule is CCCC/N=C/c1ccc2nccc(Cl)c2c1. The maximum Gasteiger partial charge on any atom is 0.0717 e. The van der Waals surface area contributed by atoms with Gasteiger partial charge in [-0.1, -0.05) is 31.0 Å². The van der Waals surface area contributed by atoms with Crippen LogP contribution in [-0.2, 0) is 0 Å². The van der Waals surface area contributed by atoms with Crippen molar-refractivity contribution in [3.8, 4) is 0 Å². The molecule has 1 heterocycles. The Bertz CT molecular complexity index is 535. The number of benzene rings is 1. The molecular weight excluding hydrogens is 232 g/mol. The van der Waals surface area contributed by atoms with Gasteiger partial charge in [-0.05, 0) is 30.2 Å². The maximum atomic E-state index is 6.13. The summed E-state index contributed by atoms with van der Waals surface area (Å²) in [6.07, 6.45) is 5.93. The fraction of sp³-hybridized carbons (Fsp3) is 0.286. The minimum absolute atomic E-state index is 0.735. The summed E-state index contributed by atoms with van der Waals surface area (Å²) in [6.45, 7) is 3.05. The lowest BCUT2D eigenvalue weighted by atomic mass is 10.1. The highest BCUT2D eigenvalue weighted by Crippen LogP contribution is 2.21. The average molecular weight is 247 g/mol. The second kappa shape index (κ2) is 5.78. The number of fused-ring (bicyclic) bond motifs is 1. The molecule has 3 heteroatoms. The van der Waals surface area contributed by atoms with Gasteiger partial charge in [0.05, 0.1) is 10.5 Å². The minimum Gasteiger partial charge on any atom is -0.293 e. The zero-order chi connectivity index (χ0) is 12.1. The second-order valence-corrected chi connectivity index (χ2v) is 4.37. The number of pyridine rings is 1. The van der Waals surface area contributed by atoms with Crippen molar-refractivity contribution in [2.75, 3.05) is 6.54 Å². The highest BCUT2D eigenvalue weighted by Gasteiger charge is 1.99. The summed E-state index contributed by atoms with van der Waals surface area (Å²) in [5.41, 5.74) is 1.99. The Hall–Kier alpha value is -1.41. The Morgan fingerprint density at radius 1 is 1.35 bits per heavy atom. The van der Waals surface area contributed by atoms with Crippen LogP contribution in [0.1, 0.15) is 25.3 Å². The van der Waals surface area contributed by atoms with Gasteiger partial charge in [0.1, 0.15) is 0 Å². The van der Waals surface area contributed by atoms with Crippen LogP contribution in [0.15, 0.2) is 35.5 Å². The number of hydrogen-bond donors (Lipinski definition) is 0. The molecule has 0 N–H and O–H groups in total. The molecule has 0 radical (unpaired) electrons. The predicted molar refractivity (Wildman–Crippen MR) is 74.1 cm³/mol. The predicted octanol–water partition coefficient (Wildman–Crippen LogP) is 4.11. The van der Waals surface area contributed by atoms with Crippen molar-refractivity contribution < 1.29 is 0 Å². The van der Waals surface area contributed by atoms with Gasteiger partial charge in [-0.2, -0.15) is 0 Å². The number of rotatable bonds is 4. The molecule has 2 nitrogen and oxygen atoms in total. The molecule has 0 spiro atoms. The van der Waals surface area contributed by atoms with Gasteiger partial charge in [0.2, 0.25) is 0 Å². The van der Waals surface area contributed by atoms with Crippen LogP contribution in [0.4, 0.5) is 0 Å². The van der Waals surface area contributed by atoms with Crippen molar-refractivity contribution in [1.82, 2.24) is 4.98 Å². The Balaban J connectivity index is 2.25. The molecule has 1 aromatic heterocycles. The summed E-state index contributed by atoms with van der Waals surface area (Å²) in [5.74, 6) is 0. The Kier molecular flexibility index (Phi) is 4.10. The summed E-state index contributed by atoms with van der Waals surface area (Å²) in [4.78, 5) is 8.64. The third-order valence-electron chi connectivity index (χ3n) is 2.59. The van der Waals surface area contributed by atoms with E-state index in [2.05, 4.69) is 16.9 Å². The van der Waals surface area contributed by atoms with Crippen LogP contribution in [0, 0.1) is 0 Å². The van der Waals surface area contributed by atoms with E-state index in [0.29, 0.717) is 0 Å². The van der Waals surface area contributed by atoms with Crippen LogP contribution < -0.4 is 0 Å². The quantitative estimate of drug-likeness (QED) is 0.589. The zero-order valence-electron chi connectivity index (χ0n) is 9.86. The van der Waals surface area contributed by atoms with E-state index >= 15 is 0 Å². The van der Waals surface area contributed by atoms with Crippen molar-refractivity contribution in [3.05, 3.63) is 41.0 Å². The number of aromatic nitrogens is 1. The van der Waals surface area contributed by atoms with Gasteiger partial charge >= 0.3 is 0 Å². The van der Waals surface area contributed by atoms with Crippen LogP contribution in [0.5, 0.6) is 0 Å². The third kappa shape index (κ3) is 3.04. The van der Waals surface area contributed by atoms with E-state index < -0.39 is 0 Å². The van der Waals surface area contributed by atoms with Gasteiger partial charge in [0.25, 0.3) is 0 Å². The maximum absolute atomic E-state index is 6.13. The van der Waals surface area contributed by atoms with Crippen molar-refractivity contribution in [1.29, 1.82) is 0 Å². The molecule has 0 aliphatic rings. The molecule has 1 aromatic carbocycles. The lowest BCUT2D eigenvalue weighted by Crippen LogP contribution is -1.86. The van der Waals surface area contributed by atoms with Gasteiger partial charge in [-0.15, -0.1) is 0 Å². The van der Waals surface area contributed by atoms with Crippen LogP contribution >= 0.6 is 11.6 Å². The molecule has 2 aromatic rings. The fourth-order valence-electron chi connectivity index (χ4n) is 1.63. The van der Waals surface area contributed by atoms with E-state index in [0.717, 1.165) is 34.5 Å². The summed E-state index contributed by atoms with van der Waals surface area (Å²) < 4.78 is 0. The van der Waals surface area contributed by atoms with E-state index in [1.807, 2.05) is 30.5 Å². The van der Waals surface area contributed by atoms with Crippen molar-refractivity contribution >= 4 is 28.7 Å². The lowest BCUT2D eigenvalue weighted by molar-refractivity contribution is 0.810. The first-order valence-electron chi connectivity index (χ1n) is 5.85. The molecule has 0 bridgehead atoms. The number of aliphatic imine (C=N–C) groups is 1. The van der Waals surface area contributed by atoms with E-state index in [4.69, 9.17) is 11.6 Å². The van der Waals surface area contributed by atoms with Crippen molar-refractivity contribution in [2.24, 2.45) is 4.99 Å². The van der Waals surface area contributed by atoms with E-state index in [-0.39, 0.29) is 0 Å². The zero-order valence-corrected chi connectivity index (χ0v) is 10.6. The molecule has 0 saturated heterocycles. The summed E-state index contributed by atoms with van der Waals surface area (Å²) in [7, 11) is 0. The van der Waals surface area contributed by atoms with Gasteiger partial charge in [0, 0.05) is 24.3 Å².